The minimum atomic E-state index is -0.243. The lowest BCUT2D eigenvalue weighted by molar-refractivity contribution is -0.124. The first-order valence-corrected chi connectivity index (χ1v) is 7.60. The minimum absolute atomic E-state index is 0.0781. The highest BCUT2D eigenvalue weighted by atomic mass is 35.5. The fourth-order valence-corrected chi connectivity index (χ4v) is 3.29. The van der Waals surface area contributed by atoms with Crippen LogP contribution in [0.2, 0.25) is 5.02 Å². The highest BCUT2D eigenvalue weighted by molar-refractivity contribution is 6.35. The Kier molecular flexibility index (Phi) is 3.70. The number of nitrogens with one attached hydrogen (secondary N) is 1. The van der Waals surface area contributed by atoms with Gasteiger partial charge in [0.25, 0.3) is 0 Å². The van der Waals surface area contributed by atoms with Gasteiger partial charge in [0.1, 0.15) is 6.04 Å². The maximum absolute atomic E-state index is 12.4. The number of para-hydroxylation sites is 1. The average Bonchev–Trinajstić information content (AvgIpc) is 3.07. The predicted molar refractivity (Wildman–Crippen MR) is 82.1 cm³/mol. The van der Waals surface area contributed by atoms with Crippen molar-refractivity contribution in [2.45, 2.75) is 44.7 Å². The zero-order chi connectivity index (χ0) is 14.1. The first-order valence-electron chi connectivity index (χ1n) is 7.22. The predicted octanol–water partition coefficient (Wildman–Crippen LogP) is 3.91. The summed E-state index contributed by atoms with van der Waals surface area (Å²) in [6.07, 6.45) is 6.59. The van der Waals surface area contributed by atoms with Gasteiger partial charge in [-0.05, 0) is 31.9 Å². The van der Waals surface area contributed by atoms with Crippen LogP contribution in [0.15, 0.2) is 30.5 Å². The van der Waals surface area contributed by atoms with Crippen LogP contribution in [-0.4, -0.2) is 16.5 Å². The van der Waals surface area contributed by atoms with Crippen molar-refractivity contribution in [1.82, 2.24) is 9.88 Å². The SMILES string of the molecule is CC(C(=O)NC1CCCC1)n1ccc2cccc(Cl)c21. The van der Waals surface area contributed by atoms with Gasteiger partial charge in [-0.15, -0.1) is 0 Å². The van der Waals surface area contributed by atoms with E-state index in [2.05, 4.69) is 5.32 Å². The maximum atomic E-state index is 12.4. The van der Waals surface area contributed by atoms with Crippen LogP contribution < -0.4 is 5.32 Å². The van der Waals surface area contributed by atoms with E-state index in [0.717, 1.165) is 23.7 Å². The number of benzene rings is 1. The second-order valence-corrected chi connectivity index (χ2v) is 5.97. The first-order chi connectivity index (χ1) is 9.66. The molecule has 1 N–H and O–H groups in total. The number of aromatic nitrogens is 1. The average molecular weight is 291 g/mol. The van der Waals surface area contributed by atoms with Gasteiger partial charge in [-0.3, -0.25) is 4.79 Å². The van der Waals surface area contributed by atoms with Crippen molar-refractivity contribution in [3.8, 4) is 0 Å². The van der Waals surface area contributed by atoms with E-state index in [1.54, 1.807) is 0 Å². The standard InChI is InChI=1S/C16H19ClN2O/c1-11(16(20)18-13-6-2-3-7-13)19-10-9-12-5-4-8-14(17)15(12)19/h4-5,8-11,13H,2-3,6-7H2,1H3,(H,18,20). The highest BCUT2D eigenvalue weighted by Crippen LogP contribution is 2.27. The molecule has 0 aliphatic heterocycles. The van der Waals surface area contributed by atoms with Crippen LogP contribution in [-0.2, 0) is 4.79 Å². The second-order valence-electron chi connectivity index (χ2n) is 5.57. The quantitative estimate of drug-likeness (QED) is 0.913. The smallest absolute Gasteiger partial charge is 0.242 e. The molecule has 1 saturated carbocycles. The zero-order valence-corrected chi connectivity index (χ0v) is 12.4. The molecule has 1 heterocycles. The van der Waals surface area contributed by atoms with E-state index in [9.17, 15) is 4.79 Å². The van der Waals surface area contributed by atoms with E-state index in [1.165, 1.54) is 12.8 Å². The van der Waals surface area contributed by atoms with Crippen LogP contribution in [0.25, 0.3) is 10.9 Å². The lowest BCUT2D eigenvalue weighted by Gasteiger charge is -2.19. The Morgan fingerprint density at radius 1 is 1.35 bits per heavy atom. The van der Waals surface area contributed by atoms with Crippen LogP contribution >= 0.6 is 11.6 Å². The molecule has 0 bridgehead atoms. The Bertz CT molecular complexity index is 628. The molecule has 1 unspecified atom stereocenters. The van der Waals surface area contributed by atoms with Gasteiger partial charge in [-0.2, -0.15) is 0 Å². The fourth-order valence-electron chi connectivity index (χ4n) is 3.02. The van der Waals surface area contributed by atoms with Gasteiger partial charge >= 0.3 is 0 Å². The second kappa shape index (κ2) is 5.49. The molecule has 1 aliphatic carbocycles. The molecular weight excluding hydrogens is 272 g/mol. The number of fused-ring (bicyclic) bond motifs is 1. The molecule has 1 atom stereocenters. The lowest BCUT2D eigenvalue weighted by Crippen LogP contribution is -2.37. The van der Waals surface area contributed by atoms with Crippen LogP contribution in [0.1, 0.15) is 38.6 Å². The summed E-state index contributed by atoms with van der Waals surface area (Å²) in [6.45, 7) is 1.92. The summed E-state index contributed by atoms with van der Waals surface area (Å²) >= 11 is 6.27. The number of halogens is 1. The molecule has 0 spiro atoms. The summed E-state index contributed by atoms with van der Waals surface area (Å²) in [6, 6.07) is 7.91. The molecule has 1 aliphatic rings. The molecule has 1 fully saturated rings. The van der Waals surface area contributed by atoms with Crippen molar-refractivity contribution in [3.63, 3.8) is 0 Å². The van der Waals surface area contributed by atoms with Crippen LogP contribution in [0.3, 0.4) is 0 Å². The van der Waals surface area contributed by atoms with Crippen LogP contribution in [0, 0.1) is 0 Å². The van der Waals surface area contributed by atoms with Crippen LogP contribution in [0.4, 0.5) is 0 Å². The molecule has 1 aromatic carbocycles. The van der Waals surface area contributed by atoms with Crippen LogP contribution in [0.5, 0.6) is 0 Å². The molecule has 20 heavy (non-hydrogen) atoms. The largest absolute Gasteiger partial charge is 0.352 e. The molecule has 3 rings (SSSR count). The van der Waals surface area contributed by atoms with Crippen molar-refractivity contribution in [2.24, 2.45) is 0 Å². The Morgan fingerprint density at radius 2 is 2.10 bits per heavy atom. The van der Waals surface area contributed by atoms with Crippen molar-refractivity contribution >= 4 is 28.4 Å². The van der Waals surface area contributed by atoms with Gasteiger partial charge in [0.2, 0.25) is 5.91 Å². The number of nitrogens with zero attached hydrogens (tertiary/aromatic N) is 1. The summed E-state index contributed by atoms with van der Waals surface area (Å²) in [5, 5.41) is 4.90. The fraction of sp³-hybridized carbons (Fsp3) is 0.438. The third-order valence-corrected chi connectivity index (χ3v) is 4.49. The van der Waals surface area contributed by atoms with E-state index in [0.29, 0.717) is 11.1 Å². The molecule has 2 aromatic rings. The Hall–Kier alpha value is -1.48. The summed E-state index contributed by atoms with van der Waals surface area (Å²) in [5.74, 6) is 0.0781. The molecule has 1 amide bonds. The number of hydrogen-bond donors (Lipinski definition) is 1. The summed E-state index contributed by atoms with van der Waals surface area (Å²) in [5.41, 5.74) is 0.934. The van der Waals surface area contributed by atoms with E-state index in [4.69, 9.17) is 11.6 Å². The monoisotopic (exact) mass is 290 g/mol. The molecule has 4 heteroatoms. The van der Waals surface area contributed by atoms with E-state index in [-0.39, 0.29) is 11.9 Å². The molecular formula is C16H19ClN2O. The van der Waals surface area contributed by atoms with E-state index < -0.39 is 0 Å². The minimum Gasteiger partial charge on any atom is -0.352 e. The molecule has 0 saturated heterocycles. The normalized spacial score (nSPS) is 17.5. The van der Waals surface area contributed by atoms with Gasteiger partial charge in [0, 0.05) is 17.6 Å². The number of rotatable bonds is 3. The van der Waals surface area contributed by atoms with Gasteiger partial charge in [0.05, 0.1) is 10.5 Å². The molecule has 1 aromatic heterocycles. The summed E-state index contributed by atoms with van der Waals surface area (Å²) < 4.78 is 1.96. The third-order valence-electron chi connectivity index (χ3n) is 4.19. The molecule has 3 nitrogen and oxygen atoms in total. The number of amides is 1. The Balaban J connectivity index is 1.84. The van der Waals surface area contributed by atoms with E-state index >= 15 is 0 Å². The van der Waals surface area contributed by atoms with Gasteiger partial charge < -0.3 is 9.88 Å². The number of hydrogen-bond acceptors (Lipinski definition) is 1. The molecule has 0 radical (unpaired) electrons. The zero-order valence-electron chi connectivity index (χ0n) is 11.6. The Morgan fingerprint density at radius 3 is 2.85 bits per heavy atom. The maximum Gasteiger partial charge on any atom is 0.242 e. The van der Waals surface area contributed by atoms with Gasteiger partial charge in [0.15, 0.2) is 0 Å². The highest BCUT2D eigenvalue weighted by Gasteiger charge is 2.22. The van der Waals surface area contributed by atoms with Crippen molar-refractivity contribution in [2.75, 3.05) is 0 Å². The first kappa shape index (κ1) is 13.5. The summed E-state index contributed by atoms with van der Waals surface area (Å²) in [4.78, 5) is 12.4. The third kappa shape index (κ3) is 2.42. The van der Waals surface area contributed by atoms with Crippen molar-refractivity contribution < 1.29 is 4.79 Å². The topological polar surface area (TPSA) is 34.0 Å². The lowest BCUT2D eigenvalue weighted by atomic mass is 10.2. The van der Waals surface area contributed by atoms with E-state index in [1.807, 2.05) is 42.0 Å². The Labute approximate surface area is 123 Å². The number of carbonyl (C=O) groups excluding carboxylic acids is 1. The molecule has 106 valence electrons. The number of carbonyl (C=O) groups is 1. The van der Waals surface area contributed by atoms with Crippen molar-refractivity contribution in [3.05, 3.63) is 35.5 Å². The van der Waals surface area contributed by atoms with Gasteiger partial charge in [-0.25, -0.2) is 0 Å². The van der Waals surface area contributed by atoms with Crippen molar-refractivity contribution in [1.29, 1.82) is 0 Å². The summed E-state index contributed by atoms with van der Waals surface area (Å²) in [7, 11) is 0. The van der Waals surface area contributed by atoms with Gasteiger partial charge in [-0.1, -0.05) is 36.6 Å².